The zero-order valence-electron chi connectivity index (χ0n) is 11.4. The Labute approximate surface area is 120 Å². The van der Waals surface area contributed by atoms with E-state index in [2.05, 4.69) is 5.16 Å². The first-order chi connectivity index (χ1) is 9.71. The highest BCUT2D eigenvalue weighted by molar-refractivity contribution is 8.06. The lowest BCUT2D eigenvalue weighted by atomic mass is 10.0. The molecule has 2 atom stereocenters. The number of alkyl halides is 1. The van der Waals surface area contributed by atoms with E-state index in [4.69, 9.17) is 4.84 Å². The summed E-state index contributed by atoms with van der Waals surface area (Å²) in [4.78, 5) is 4.99. The summed E-state index contributed by atoms with van der Waals surface area (Å²) in [6, 6.07) is 2.62. The smallest absolute Gasteiger partial charge is 0.237 e. The van der Waals surface area contributed by atoms with Crippen LogP contribution in [-0.4, -0.2) is 19.1 Å². The van der Waals surface area contributed by atoms with Gasteiger partial charge in [-0.2, -0.15) is 0 Å². The average molecular weight is 321 g/mol. The monoisotopic (exact) mass is 321 g/mol. The van der Waals surface area contributed by atoms with Crippen LogP contribution in [0.2, 0.25) is 0 Å². The molecule has 0 radical (unpaired) electrons. The van der Waals surface area contributed by atoms with Gasteiger partial charge in [0.1, 0.15) is 17.2 Å². The first-order valence-electron chi connectivity index (χ1n) is 6.28. The third-order valence-electron chi connectivity index (χ3n) is 3.47. The van der Waals surface area contributed by atoms with Gasteiger partial charge in [-0.25, -0.2) is 21.6 Å². The van der Waals surface area contributed by atoms with Crippen LogP contribution in [0.3, 0.4) is 0 Å². The normalized spacial score (nSPS) is 23.6. The van der Waals surface area contributed by atoms with E-state index >= 15 is 0 Å². The van der Waals surface area contributed by atoms with Crippen LogP contribution in [0.1, 0.15) is 37.8 Å². The van der Waals surface area contributed by atoms with Crippen molar-refractivity contribution < 1.29 is 26.4 Å². The minimum Gasteiger partial charge on any atom is -0.388 e. The van der Waals surface area contributed by atoms with Crippen molar-refractivity contribution in [3.05, 3.63) is 35.4 Å². The van der Waals surface area contributed by atoms with E-state index in [-0.39, 0.29) is 6.42 Å². The Morgan fingerprint density at radius 1 is 1.38 bits per heavy atom. The molecule has 1 heterocycles. The molecule has 0 N–H and O–H groups in total. The number of halogens is 3. The van der Waals surface area contributed by atoms with E-state index in [0.717, 1.165) is 18.2 Å². The third kappa shape index (κ3) is 2.76. The van der Waals surface area contributed by atoms with Crippen molar-refractivity contribution in [3.8, 4) is 0 Å². The van der Waals surface area contributed by atoms with Crippen LogP contribution < -0.4 is 0 Å². The highest BCUT2D eigenvalue weighted by Gasteiger charge is 2.44. The standard InChI is InChI=1S/C13H14F3NO3S/c1-3-13(2)7-10(17-20-13)21(18,19)12(16)11-8(14)5-4-6-9(11)15/h4-6,12H,3,7H2,1-2H3. The summed E-state index contributed by atoms with van der Waals surface area (Å²) in [5.74, 6) is -2.52. The van der Waals surface area contributed by atoms with E-state index < -0.39 is 43.2 Å². The number of hydrogen-bond donors (Lipinski definition) is 0. The maximum atomic E-state index is 14.2. The largest absolute Gasteiger partial charge is 0.388 e. The molecule has 0 saturated carbocycles. The number of rotatable bonds is 3. The van der Waals surface area contributed by atoms with E-state index in [9.17, 15) is 21.6 Å². The second-order valence-electron chi connectivity index (χ2n) is 5.05. The minimum atomic E-state index is -4.64. The Balaban J connectivity index is 2.37. The van der Waals surface area contributed by atoms with Crippen molar-refractivity contribution in [1.29, 1.82) is 0 Å². The van der Waals surface area contributed by atoms with Gasteiger partial charge in [-0.15, -0.1) is 0 Å². The highest BCUT2D eigenvalue weighted by Crippen LogP contribution is 2.35. The van der Waals surface area contributed by atoms with Gasteiger partial charge in [0.2, 0.25) is 15.3 Å². The van der Waals surface area contributed by atoms with Gasteiger partial charge in [-0.1, -0.05) is 18.1 Å². The number of benzene rings is 1. The summed E-state index contributed by atoms with van der Waals surface area (Å²) < 4.78 is 65.5. The van der Waals surface area contributed by atoms with E-state index in [1.165, 1.54) is 0 Å². The number of sulfone groups is 1. The number of nitrogens with zero attached hydrogens (tertiary/aromatic N) is 1. The van der Waals surface area contributed by atoms with Crippen molar-refractivity contribution >= 4 is 14.9 Å². The molecule has 8 heteroatoms. The lowest BCUT2D eigenvalue weighted by Gasteiger charge is -2.18. The molecule has 0 amide bonds. The summed E-state index contributed by atoms with van der Waals surface area (Å²) in [5, 5.41) is 2.84. The van der Waals surface area contributed by atoms with E-state index in [1.54, 1.807) is 13.8 Å². The van der Waals surface area contributed by atoms with Crippen LogP contribution in [-0.2, 0) is 14.7 Å². The summed E-state index contributed by atoms with van der Waals surface area (Å²) >= 11 is 0. The molecule has 1 aliphatic rings. The summed E-state index contributed by atoms with van der Waals surface area (Å²) in [6.07, 6.45) is 0.322. The lowest BCUT2D eigenvalue weighted by Crippen LogP contribution is -2.27. The molecule has 21 heavy (non-hydrogen) atoms. The van der Waals surface area contributed by atoms with Gasteiger partial charge in [-0.3, -0.25) is 0 Å². The van der Waals surface area contributed by atoms with Gasteiger partial charge in [0.25, 0.3) is 0 Å². The quantitative estimate of drug-likeness (QED) is 0.859. The van der Waals surface area contributed by atoms with Crippen molar-refractivity contribution in [2.75, 3.05) is 0 Å². The molecule has 0 bridgehead atoms. The summed E-state index contributed by atoms with van der Waals surface area (Å²) in [6.45, 7) is 3.38. The maximum Gasteiger partial charge on any atom is 0.237 e. The Bertz CT molecular complexity index is 670. The van der Waals surface area contributed by atoms with Crippen LogP contribution in [0.4, 0.5) is 13.2 Å². The Morgan fingerprint density at radius 3 is 2.43 bits per heavy atom. The minimum absolute atomic E-state index is 0.137. The first-order valence-corrected chi connectivity index (χ1v) is 7.83. The third-order valence-corrected chi connectivity index (χ3v) is 5.12. The SMILES string of the molecule is CCC1(C)CC(S(=O)(=O)C(F)c2c(F)cccc2F)=NO1. The Morgan fingerprint density at radius 2 is 1.95 bits per heavy atom. The zero-order valence-corrected chi connectivity index (χ0v) is 12.3. The van der Waals surface area contributed by atoms with Crippen LogP contribution >= 0.6 is 0 Å². The molecule has 0 spiro atoms. The summed E-state index contributed by atoms with van der Waals surface area (Å²) in [7, 11) is -4.64. The fourth-order valence-corrected chi connectivity index (χ4v) is 3.31. The maximum absolute atomic E-state index is 14.2. The zero-order chi connectivity index (χ0) is 15.8. The molecule has 1 aliphatic heterocycles. The Hall–Kier alpha value is -1.57. The average Bonchev–Trinajstić information content (AvgIpc) is 2.82. The van der Waals surface area contributed by atoms with Crippen LogP contribution in [0, 0.1) is 11.6 Å². The highest BCUT2D eigenvalue weighted by atomic mass is 32.2. The van der Waals surface area contributed by atoms with Gasteiger partial charge < -0.3 is 4.84 Å². The number of oxime groups is 1. The predicted octanol–water partition coefficient (Wildman–Crippen LogP) is 3.25. The molecule has 2 rings (SSSR count). The van der Waals surface area contributed by atoms with Crippen LogP contribution in [0.15, 0.2) is 23.4 Å². The molecule has 116 valence electrons. The lowest BCUT2D eigenvalue weighted by molar-refractivity contribution is -0.00604. The van der Waals surface area contributed by atoms with Crippen molar-refractivity contribution in [1.82, 2.24) is 0 Å². The van der Waals surface area contributed by atoms with Crippen LogP contribution in [0.25, 0.3) is 0 Å². The van der Waals surface area contributed by atoms with Gasteiger partial charge >= 0.3 is 0 Å². The predicted molar refractivity (Wildman–Crippen MR) is 71.0 cm³/mol. The van der Waals surface area contributed by atoms with Gasteiger partial charge in [0.05, 0.1) is 5.56 Å². The van der Waals surface area contributed by atoms with Crippen molar-refractivity contribution in [2.45, 2.75) is 37.8 Å². The molecule has 0 aliphatic carbocycles. The molecule has 0 aromatic heterocycles. The second-order valence-corrected chi connectivity index (χ2v) is 7.03. The van der Waals surface area contributed by atoms with E-state index in [1.807, 2.05) is 0 Å². The molecule has 0 fully saturated rings. The Kier molecular flexibility index (Phi) is 4.01. The van der Waals surface area contributed by atoms with Crippen LogP contribution in [0.5, 0.6) is 0 Å². The van der Waals surface area contributed by atoms with Crippen molar-refractivity contribution in [2.24, 2.45) is 5.16 Å². The molecule has 4 nitrogen and oxygen atoms in total. The van der Waals surface area contributed by atoms with E-state index in [0.29, 0.717) is 6.42 Å². The fourth-order valence-electron chi connectivity index (χ4n) is 1.89. The molecular weight excluding hydrogens is 307 g/mol. The molecule has 1 aromatic carbocycles. The first kappa shape index (κ1) is 15.8. The second kappa shape index (κ2) is 5.32. The molecule has 0 saturated heterocycles. The van der Waals surface area contributed by atoms with Crippen molar-refractivity contribution in [3.63, 3.8) is 0 Å². The molecule has 2 unspecified atom stereocenters. The van der Waals surface area contributed by atoms with Gasteiger partial charge in [0.15, 0.2) is 5.04 Å². The fraction of sp³-hybridized carbons (Fsp3) is 0.462. The van der Waals surface area contributed by atoms with Gasteiger partial charge in [0, 0.05) is 6.42 Å². The number of hydrogen-bond acceptors (Lipinski definition) is 4. The topological polar surface area (TPSA) is 55.7 Å². The van der Waals surface area contributed by atoms with Gasteiger partial charge in [-0.05, 0) is 25.5 Å². The molecular formula is C13H14F3NO3S. The summed E-state index contributed by atoms with van der Waals surface area (Å²) in [5.41, 5.74) is -4.85. The molecule has 1 aromatic rings.